The standard InChI is InChI=1S/C16H16N2S/c1-11-5-3-4-6-13(11)16-17-14-9-12(10-19)7-8-15(14)18(16)2/h3-9,19H,10H2,1-2H3. The van der Waals surface area contributed by atoms with Crippen LogP contribution in [0.15, 0.2) is 42.5 Å². The zero-order valence-electron chi connectivity index (χ0n) is 11.1. The summed E-state index contributed by atoms with van der Waals surface area (Å²) in [6.45, 7) is 2.12. The summed E-state index contributed by atoms with van der Waals surface area (Å²) >= 11 is 4.32. The molecule has 0 spiro atoms. The molecule has 2 aromatic carbocycles. The van der Waals surface area contributed by atoms with Gasteiger partial charge in [0.25, 0.3) is 0 Å². The minimum absolute atomic E-state index is 0.742. The summed E-state index contributed by atoms with van der Waals surface area (Å²) in [7, 11) is 2.07. The summed E-state index contributed by atoms with van der Waals surface area (Å²) in [5, 5.41) is 0. The van der Waals surface area contributed by atoms with Gasteiger partial charge in [0.05, 0.1) is 11.0 Å². The minimum Gasteiger partial charge on any atom is -0.327 e. The molecular formula is C16H16N2S. The number of fused-ring (bicyclic) bond motifs is 1. The summed E-state index contributed by atoms with van der Waals surface area (Å²) in [5.74, 6) is 1.76. The van der Waals surface area contributed by atoms with Crippen molar-refractivity contribution >= 4 is 23.7 Å². The number of hydrogen-bond donors (Lipinski definition) is 1. The molecule has 0 bridgehead atoms. The third-order valence-electron chi connectivity index (χ3n) is 3.51. The van der Waals surface area contributed by atoms with Crippen molar-refractivity contribution in [2.24, 2.45) is 7.05 Å². The Bertz CT molecular complexity index is 744. The van der Waals surface area contributed by atoms with Gasteiger partial charge in [0, 0.05) is 18.4 Å². The van der Waals surface area contributed by atoms with Crippen molar-refractivity contribution in [1.82, 2.24) is 9.55 Å². The fourth-order valence-electron chi connectivity index (χ4n) is 2.41. The van der Waals surface area contributed by atoms with Gasteiger partial charge in [-0.25, -0.2) is 4.98 Å². The number of hydrogen-bond acceptors (Lipinski definition) is 2. The highest BCUT2D eigenvalue weighted by Crippen LogP contribution is 2.26. The van der Waals surface area contributed by atoms with E-state index in [0.717, 1.165) is 22.6 Å². The molecule has 0 fully saturated rings. The first-order valence-corrected chi connectivity index (χ1v) is 6.96. The van der Waals surface area contributed by atoms with E-state index >= 15 is 0 Å². The Morgan fingerprint density at radius 2 is 1.95 bits per heavy atom. The van der Waals surface area contributed by atoms with E-state index in [-0.39, 0.29) is 0 Å². The number of aryl methyl sites for hydroxylation is 2. The third-order valence-corrected chi connectivity index (χ3v) is 3.88. The van der Waals surface area contributed by atoms with Crippen LogP contribution in [0.2, 0.25) is 0 Å². The lowest BCUT2D eigenvalue weighted by Crippen LogP contribution is -1.94. The maximum atomic E-state index is 4.78. The number of rotatable bonds is 2. The van der Waals surface area contributed by atoms with E-state index in [2.05, 4.69) is 73.6 Å². The molecule has 0 saturated heterocycles. The second-order valence-corrected chi connectivity index (χ2v) is 5.11. The molecule has 96 valence electrons. The molecule has 0 aliphatic rings. The highest BCUT2D eigenvalue weighted by atomic mass is 32.1. The maximum absolute atomic E-state index is 4.78. The molecule has 1 heterocycles. The molecule has 3 rings (SSSR count). The first kappa shape index (κ1) is 12.3. The zero-order valence-corrected chi connectivity index (χ0v) is 12.0. The minimum atomic E-state index is 0.742. The van der Waals surface area contributed by atoms with Crippen molar-refractivity contribution in [3.05, 3.63) is 53.6 Å². The number of aromatic nitrogens is 2. The number of imidazole rings is 1. The topological polar surface area (TPSA) is 17.8 Å². The lowest BCUT2D eigenvalue weighted by atomic mass is 10.1. The van der Waals surface area contributed by atoms with E-state index < -0.39 is 0 Å². The number of thiol groups is 1. The van der Waals surface area contributed by atoms with Crippen LogP contribution in [0, 0.1) is 6.92 Å². The van der Waals surface area contributed by atoms with Gasteiger partial charge in [-0.2, -0.15) is 12.6 Å². The summed E-state index contributed by atoms with van der Waals surface area (Å²) < 4.78 is 2.15. The molecule has 3 aromatic rings. The third kappa shape index (κ3) is 2.04. The fraction of sp³-hybridized carbons (Fsp3) is 0.188. The van der Waals surface area contributed by atoms with E-state index in [9.17, 15) is 0 Å². The summed E-state index contributed by atoms with van der Waals surface area (Å²) in [4.78, 5) is 4.78. The molecule has 0 radical (unpaired) electrons. The van der Waals surface area contributed by atoms with E-state index in [1.807, 2.05) is 0 Å². The quantitative estimate of drug-likeness (QED) is 0.696. The molecule has 2 nitrogen and oxygen atoms in total. The van der Waals surface area contributed by atoms with Crippen LogP contribution in [0.4, 0.5) is 0 Å². The average molecular weight is 268 g/mol. The van der Waals surface area contributed by atoms with Gasteiger partial charge in [-0.05, 0) is 30.2 Å². The molecule has 1 aromatic heterocycles. The highest BCUT2D eigenvalue weighted by molar-refractivity contribution is 7.79. The van der Waals surface area contributed by atoms with Crippen molar-refractivity contribution in [2.45, 2.75) is 12.7 Å². The SMILES string of the molecule is Cc1ccccc1-c1nc2cc(CS)ccc2n1C. The van der Waals surface area contributed by atoms with Crippen LogP contribution >= 0.6 is 12.6 Å². The number of benzene rings is 2. The molecule has 0 atom stereocenters. The largest absolute Gasteiger partial charge is 0.327 e. The van der Waals surface area contributed by atoms with Gasteiger partial charge in [0.2, 0.25) is 0 Å². The molecule has 0 unspecified atom stereocenters. The predicted molar refractivity (Wildman–Crippen MR) is 83.6 cm³/mol. The first-order valence-electron chi connectivity index (χ1n) is 6.33. The van der Waals surface area contributed by atoms with Crippen LogP contribution in [0.1, 0.15) is 11.1 Å². The lowest BCUT2D eigenvalue weighted by Gasteiger charge is -2.05. The normalized spacial score (nSPS) is 11.1. The van der Waals surface area contributed by atoms with E-state index in [0.29, 0.717) is 0 Å². The van der Waals surface area contributed by atoms with E-state index in [4.69, 9.17) is 4.98 Å². The number of nitrogens with zero attached hydrogens (tertiary/aromatic N) is 2. The maximum Gasteiger partial charge on any atom is 0.141 e. The van der Waals surface area contributed by atoms with Gasteiger partial charge in [0.1, 0.15) is 5.82 Å². The Balaban J connectivity index is 2.25. The van der Waals surface area contributed by atoms with Crippen molar-refractivity contribution in [2.75, 3.05) is 0 Å². The zero-order chi connectivity index (χ0) is 13.4. The lowest BCUT2D eigenvalue weighted by molar-refractivity contribution is 0.957. The smallest absolute Gasteiger partial charge is 0.141 e. The predicted octanol–water partition coefficient (Wildman–Crippen LogP) is 3.98. The summed E-state index contributed by atoms with van der Waals surface area (Å²) in [6, 6.07) is 14.7. The monoisotopic (exact) mass is 268 g/mol. The average Bonchev–Trinajstić information content (AvgIpc) is 2.76. The van der Waals surface area contributed by atoms with Crippen LogP contribution in [-0.2, 0) is 12.8 Å². The van der Waals surface area contributed by atoms with Gasteiger partial charge >= 0.3 is 0 Å². The second kappa shape index (κ2) is 4.74. The van der Waals surface area contributed by atoms with Gasteiger partial charge in [-0.3, -0.25) is 0 Å². The van der Waals surface area contributed by atoms with Crippen LogP contribution in [0.25, 0.3) is 22.4 Å². The Morgan fingerprint density at radius 1 is 1.16 bits per heavy atom. The highest BCUT2D eigenvalue weighted by Gasteiger charge is 2.11. The Hall–Kier alpha value is -1.74. The fourth-order valence-corrected chi connectivity index (χ4v) is 2.61. The van der Waals surface area contributed by atoms with Crippen LogP contribution in [-0.4, -0.2) is 9.55 Å². The summed E-state index contributed by atoms with van der Waals surface area (Å²) in [5.41, 5.74) is 5.82. The molecule has 0 amide bonds. The first-order chi connectivity index (χ1) is 9.20. The molecule has 3 heteroatoms. The van der Waals surface area contributed by atoms with Crippen LogP contribution in [0.3, 0.4) is 0 Å². The Morgan fingerprint density at radius 3 is 2.68 bits per heavy atom. The Labute approximate surface area is 118 Å². The summed E-state index contributed by atoms with van der Waals surface area (Å²) in [6.07, 6.45) is 0. The van der Waals surface area contributed by atoms with Crippen molar-refractivity contribution < 1.29 is 0 Å². The molecule has 0 saturated carbocycles. The molecule has 0 aliphatic carbocycles. The van der Waals surface area contributed by atoms with Crippen molar-refractivity contribution in [3.8, 4) is 11.4 Å². The van der Waals surface area contributed by atoms with Crippen LogP contribution in [0.5, 0.6) is 0 Å². The van der Waals surface area contributed by atoms with E-state index in [1.165, 1.54) is 16.7 Å². The van der Waals surface area contributed by atoms with Gasteiger partial charge in [-0.1, -0.05) is 30.3 Å². The van der Waals surface area contributed by atoms with Crippen molar-refractivity contribution in [1.29, 1.82) is 0 Å². The van der Waals surface area contributed by atoms with Crippen molar-refractivity contribution in [3.63, 3.8) is 0 Å². The molecular weight excluding hydrogens is 252 g/mol. The van der Waals surface area contributed by atoms with Gasteiger partial charge in [0.15, 0.2) is 0 Å². The molecule has 0 N–H and O–H groups in total. The second-order valence-electron chi connectivity index (χ2n) is 4.79. The van der Waals surface area contributed by atoms with Gasteiger partial charge < -0.3 is 4.57 Å². The van der Waals surface area contributed by atoms with E-state index in [1.54, 1.807) is 0 Å². The Kier molecular flexibility index (Phi) is 3.07. The van der Waals surface area contributed by atoms with Crippen LogP contribution < -0.4 is 0 Å². The molecule has 0 aliphatic heterocycles. The van der Waals surface area contributed by atoms with Gasteiger partial charge in [-0.15, -0.1) is 0 Å². The molecule has 19 heavy (non-hydrogen) atoms.